The third kappa shape index (κ3) is 3.50. The van der Waals surface area contributed by atoms with E-state index in [1.807, 2.05) is 11.0 Å². The van der Waals surface area contributed by atoms with E-state index in [2.05, 4.69) is 15.1 Å². The normalized spacial score (nSPS) is 21.2. The van der Waals surface area contributed by atoms with Gasteiger partial charge in [-0.05, 0) is 36.4 Å². The van der Waals surface area contributed by atoms with Crippen LogP contribution in [-0.4, -0.2) is 59.1 Å². The molecule has 0 unspecified atom stereocenters. The van der Waals surface area contributed by atoms with Crippen LogP contribution in [0, 0.1) is 5.82 Å². The second-order valence-electron chi connectivity index (χ2n) is 6.50. The monoisotopic (exact) mass is 389 g/mol. The first-order valence-corrected chi connectivity index (χ1v) is 9.01. The van der Waals surface area contributed by atoms with Crippen LogP contribution < -0.4 is 9.80 Å². The van der Waals surface area contributed by atoms with Gasteiger partial charge in [0.15, 0.2) is 11.0 Å². The van der Waals surface area contributed by atoms with Gasteiger partial charge in [0.1, 0.15) is 5.82 Å². The van der Waals surface area contributed by atoms with Crippen LogP contribution in [0.1, 0.15) is 6.42 Å². The van der Waals surface area contributed by atoms with E-state index in [1.54, 1.807) is 6.07 Å². The van der Waals surface area contributed by atoms with Crippen molar-refractivity contribution in [1.29, 1.82) is 0 Å². The number of amides is 2. The second-order valence-corrected chi connectivity index (χ2v) is 6.89. The zero-order valence-corrected chi connectivity index (χ0v) is 15.1. The van der Waals surface area contributed by atoms with E-state index < -0.39 is 11.9 Å². The highest BCUT2D eigenvalue weighted by atomic mass is 35.5. The summed E-state index contributed by atoms with van der Waals surface area (Å²) in [6.07, 6.45) is 0.136. The minimum absolute atomic E-state index is 0.136. The Hall–Kier alpha value is -2.58. The number of imide groups is 1. The molecule has 1 aromatic heterocycles. The Kier molecular flexibility index (Phi) is 4.75. The molecule has 0 bridgehead atoms. The maximum atomic E-state index is 13.1. The van der Waals surface area contributed by atoms with Gasteiger partial charge in [-0.3, -0.25) is 14.5 Å². The largest absolute Gasteiger partial charge is 0.353 e. The molecule has 2 fully saturated rings. The van der Waals surface area contributed by atoms with Crippen molar-refractivity contribution in [3.05, 3.63) is 47.4 Å². The SMILES string of the molecule is O=C1C[C@H](N2CCN(c3ccc(Cl)nn3)CC2)C(=O)N1c1ccc(F)cc1. The molecule has 1 atom stereocenters. The molecule has 27 heavy (non-hydrogen) atoms. The molecule has 2 aliphatic heterocycles. The van der Waals surface area contributed by atoms with Crippen molar-refractivity contribution in [2.45, 2.75) is 12.5 Å². The standard InChI is InChI=1S/C18H17ClFN5O2/c19-15-5-6-16(22-21-15)24-9-7-23(8-10-24)14-11-17(26)25(18(14)27)13-3-1-12(20)2-4-13/h1-6,14H,7-11H2/t14-/m0/s1. The van der Waals surface area contributed by atoms with E-state index in [0.29, 0.717) is 37.0 Å². The smallest absolute Gasteiger partial charge is 0.251 e. The van der Waals surface area contributed by atoms with E-state index in [0.717, 1.165) is 10.7 Å². The third-order valence-electron chi connectivity index (χ3n) is 4.90. The van der Waals surface area contributed by atoms with Crippen molar-refractivity contribution in [3.63, 3.8) is 0 Å². The zero-order valence-electron chi connectivity index (χ0n) is 14.4. The molecule has 0 radical (unpaired) electrons. The molecule has 0 aliphatic carbocycles. The number of hydrogen-bond donors (Lipinski definition) is 0. The molecule has 2 amide bonds. The fourth-order valence-corrected chi connectivity index (χ4v) is 3.60. The van der Waals surface area contributed by atoms with Crippen molar-refractivity contribution in [2.24, 2.45) is 0 Å². The Morgan fingerprint density at radius 2 is 1.67 bits per heavy atom. The predicted octanol–water partition coefficient (Wildman–Crippen LogP) is 1.72. The lowest BCUT2D eigenvalue weighted by Gasteiger charge is -2.37. The van der Waals surface area contributed by atoms with Gasteiger partial charge in [-0.1, -0.05) is 11.6 Å². The molecule has 0 saturated carbocycles. The Morgan fingerprint density at radius 3 is 2.30 bits per heavy atom. The molecular weight excluding hydrogens is 373 g/mol. The van der Waals surface area contributed by atoms with Crippen LogP contribution in [0.4, 0.5) is 15.9 Å². The minimum Gasteiger partial charge on any atom is -0.353 e. The van der Waals surface area contributed by atoms with Gasteiger partial charge >= 0.3 is 0 Å². The van der Waals surface area contributed by atoms with Crippen LogP contribution >= 0.6 is 11.6 Å². The highest BCUT2D eigenvalue weighted by Gasteiger charge is 2.43. The zero-order chi connectivity index (χ0) is 19.0. The summed E-state index contributed by atoms with van der Waals surface area (Å²) < 4.78 is 13.1. The van der Waals surface area contributed by atoms with Gasteiger partial charge in [-0.15, -0.1) is 10.2 Å². The van der Waals surface area contributed by atoms with Crippen molar-refractivity contribution >= 4 is 34.9 Å². The summed E-state index contributed by atoms with van der Waals surface area (Å²) in [5.41, 5.74) is 0.406. The van der Waals surface area contributed by atoms with Gasteiger partial charge in [0, 0.05) is 26.2 Å². The van der Waals surface area contributed by atoms with Crippen molar-refractivity contribution < 1.29 is 14.0 Å². The number of hydrogen-bond acceptors (Lipinski definition) is 6. The highest BCUT2D eigenvalue weighted by Crippen LogP contribution is 2.27. The number of piperazine rings is 1. The van der Waals surface area contributed by atoms with Gasteiger partial charge in [0.2, 0.25) is 5.91 Å². The Labute approximate surface area is 160 Å². The molecule has 4 rings (SSSR count). The van der Waals surface area contributed by atoms with Crippen LogP contribution in [0.15, 0.2) is 36.4 Å². The molecule has 2 aromatic rings. The topological polar surface area (TPSA) is 69.6 Å². The molecule has 1 aromatic carbocycles. The number of nitrogens with zero attached hydrogens (tertiary/aromatic N) is 5. The van der Waals surface area contributed by atoms with Crippen LogP contribution in [0.2, 0.25) is 5.15 Å². The number of anilines is 2. The van der Waals surface area contributed by atoms with E-state index in [4.69, 9.17) is 11.6 Å². The van der Waals surface area contributed by atoms with Crippen molar-refractivity contribution in [2.75, 3.05) is 36.0 Å². The number of aromatic nitrogens is 2. The van der Waals surface area contributed by atoms with Crippen LogP contribution in [0.3, 0.4) is 0 Å². The highest BCUT2D eigenvalue weighted by molar-refractivity contribution is 6.29. The third-order valence-corrected chi connectivity index (χ3v) is 5.11. The quantitative estimate of drug-likeness (QED) is 0.744. The molecular formula is C18H17ClFN5O2. The fourth-order valence-electron chi connectivity index (χ4n) is 3.50. The molecule has 3 heterocycles. The number of rotatable bonds is 3. The maximum Gasteiger partial charge on any atom is 0.251 e. The fraction of sp³-hybridized carbons (Fsp3) is 0.333. The van der Waals surface area contributed by atoms with Gasteiger partial charge in [0.25, 0.3) is 5.91 Å². The summed E-state index contributed by atoms with van der Waals surface area (Å²) >= 11 is 5.77. The average molecular weight is 390 g/mol. The maximum absolute atomic E-state index is 13.1. The average Bonchev–Trinajstić information content (AvgIpc) is 2.98. The number of carbonyl (C=O) groups is 2. The Bertz CT molecular complexity index is 853. The molecule has 140 valence electrons. The van der Waals surface area contributed by atoms with Crippen LogP contribution in [0.25, 0.3) is 0 Å². The summed E-state index contributed by atoms with van der Waals surface area (Å²) in [5.74, 6) is -0.189. The van der Waals surface area contributed by atoms with Gasteiger partial charge in [-0.25, -0.2) is 9.29 Å². The summed E-state index contributed by atoms with van der Waals surface area (Å²) in [6.45, 7) is 2.60. The summed E-state index contributed by atoms with van der Waals surface area (Å²) in [6, 6.07) is 8.40. The van der Waals surface area contributed by atoms with Gasteiger partial charge < -0.3 is 4.90 Å². The predicted molar refractivity (Wildman–Crippen MR) is 98.1 cm³/mol. The second kappa shape index (κ2) is 7.21. The molecule has 9 heteroatoms. The Morgan fingerprint density at radius 1 is 0.963 bits per heavy atom. The van der Waals surface area contributed by atoms with Gasteiger partial charge in [-0.2, -0.15) is 0 Å². The lowest BCUT2D eigenvalue weighted by atomic mass is 10.1. The first-order chi connectivity index (χ1) is 13.0. The van der Waals surface area contributed by atoms with E-state index in [1.165, 1.54) is 24.3 Å². The summed E-state index contributed by atoms with van der Waals surface area (Å²) in [4.78, 5) is 30.4. The van der Waals surface area contributed by atoms with Gasteiger partial charge in [0.05, 0.1) is 18.2 Å². The van der Waals surface area contributed by atoms with Crippen LogP contribution in [-0.2, 0) is 9.59 Å². The number of halogens is 2. The van der Waals surface area contributed by atoms with E-state index in [9.17, 15) is 14.0 Å². The first kappa shape index (κ1) is 17.8. The lowest BCUT2D eigenvalue weighted by molar-refractivity contribution is -0.123. The number of carbonyl (C=O) groups excluding carboxylic acids is 2. The molecule has 7 nitrogen and oxygen atoms in total. The van der Waals surface area contributed by atoms with Crippen molar-refractivity contribution in [3.8, 4) is 0 Å². The molecule has 0 spiro atoms. The molecule has 2 aliphatic rings. The summed E-state index contributed by atoms with van der Waals surface area (Å²) in [7, 11) is 0. The van der Waals surface area contributed by atoms with E-state index >= 15 is 0 Å². The Balaban J connectivity index is 1.43. The molecule has 2 saturated heterocycles. The number of benzene rings is 1. The lowest BCUT2D eigenvalue weighted by Crippen LogP contribution is -2.52. The molecule has 0 N–H and O–H groups in total. The summed E-state index contributed by atoms with van der Waals surface area (Å²) in [5, 5.41) is 8.27. The van der Waals surface area contributed by atoms with E-state index in [-0.39, 0.29) is 18.2 Å². The minimum atomic E-state index is -0.485. The van der Waals surface area contributed by atoms with Crippen molar-refractivity contribution in [1.82, 2.24) is 15.1 Å². The first-order valence-electron chi connectivity index (χ1n) is 8.63. The van der Waals surface area contributed by atoms with Crippen LogP contribution in [0.5, 0.6) is 0 Å².